The fourth-order valence-electron chi connectivity index (χ4n) is 2.52. The van der Waals surface area contributed by atoms with Crippen molar-refractivity contribution in [2.75, 3.05) is 0 Å². The minimum Gasteiger partial charge on any atom is -0.0805 e. The monoisotopic (exact) mass is 238 g/mol. The van der Waals surface area contributed by atoms with Gasteiger partial charge in [0.1, 0.15) is 0 Å². The van der Waals surface area contributed by atoms with Crippen molar-refractivity contribution >= 4 is 16.8 Å². The maximum absolute atomic E-state index is 2.36. The number of allylic oxidation sites excluding steroid dienone is 1. The summed E-state index contributed by atoms with van der Waals surface area (Å²) in [6, 6.07) is 13.3. The Hall–Kier alpha value is -1.56. The van der Waals surface area contributed by atoms with Crippen LogP contribution in [0.25, 0.3) is 16.8 Å². The molecule has 2 aromatic carbocycles. The zero-order chi connectivity index (χ0) is 13.1. The lowest BCUT2D eigenvalue weighted by atomic mass is 9.80. The van der Waals surface area contributed by atoms with Crippen LogP contribution in [-0.4, -0.2) is 0 Å². The van der Waals surface area contributed by atoms with Crippen LogP contribution < -0.4 is 0 Å². The fourth-order valence-corrected chi connectivity index (χ4v) is 2.52. The van der Waals surface area contributed by atoms with Gasteiger partial charge in [-0.3, -0.25) is 0 Å². The van der Waals surface area contributed by atoms with Crippen LogP contribution in [0.5, 0.6) is 0 Å². The summed E-state index contributed by atoms with van der Waals surface area (Å²) < 4.78 is 0. The van der Waals surface area contributed by atoms with Crippen molar-refractivity contribution < 1.29 is 0 Å². The molecule has 0 spiro atoms. The van der Waals surface area contributed by atoms with E-state index in [1.165, 1.54) is 21.9 Å². The van der Waals surface area contributed by atoms with Gasteiger partial charge in [0.15, 0.2) is 0 Å². The van der Waals surface area contributed by atoms with E-state index >= 15 is 0 Å². The van der Waals surface area contributed by atoms with Crippen molar-refractivity contribution in [1.82, 2.24) is 0 Å². The molecule has 0 nitrogen and oxygen atoms in total. The molecule has 0 N–H and O–H groups in total. The largest absolute Gasteiger partial charge is 0.0805 e. The molecule has 0 fully saturated rings. The van der Waals surface area contributed by atoms with Gasteiger partial charge in [0.05, 0.1) is 0 Å². The summed E-state index contributed by atoms with van der Waals surface area (Å²) in [5.41, 5.74) is 2.89. The zero-order valence-electron chi connectivity index (χ0n) is 11.8. The first-order valence-electron chi connectivity index (χ1n) is 6.96. The summed E-state index contributed by atoms with van der Waals surface area (Å²) in [6.07, 6.45) is 4.59. The summed E-state index contributed by atoms with van der Waals surface area (Å²) in [5, 5.41) is 2.70. The third-order valence-electron chi connectivity index (χ3n) is 3.81. The van der Waals surface area contributed by atoms with Gasteiger partial charge in [0, 0.05) is 0 Å². The molecule has 94 valence electrons. The minimum atomic E-state index is 0.629. The lowest BCUT2D eigenvalue weighted by molar-refractivity contribution is 0.586. The minimum absolute atomic E-state index is 0.629. The highest BCUT2D eigenvalue weighted by molar-refractivity contribution is 5.86. The van der Waals surface area contributed by atoms with Crippen LogP contribution in [0.4, 0.5) is 0 Å². The predicted octanol–water partition coefficient (Wildman–Crippen LogP) is 5.63. The van der Waals surface area contributed by atoms with Gasteiger partial charge in [-0.2, -0.15) is 0 Å². The first-order valence-corrected chi connectivity index (χ1v) is 6.96. The smallest absolute Gasteiger partial charge is 0.0124 e. The van der Waals surface area contributed by atoms with Crippen molar-refractivity contribution in [1.29, 1.82) is 0 Å². The van der Waals surface area contributed by atoms with Gasteiger partial charge < -0.3 is 0 Å². The van der Waals surface area contributed by atoms with Crippen LogP contribution in [0, 0.1) is 5.92 Å². The Morgan fingerprint density at radius 1 is 0.889 bits per heavy atom. The van der Waals surface area contributed by atoms with Crippen molar-refractivity contribution in [2.45, 2.75) is 33.6 Å². The molecule has 1 aliphatic carbocycles. The zero-order valence-corrected chi connectivity index (χ0v) is 11.8. The van der Waals surface area contributed by atoms with Gasteiger partial charge in [-0.15, -0.1) is 0 Å². The lowest BCUT2D eigenvalue weighted by Gasteiger charge is -2.24. The Labute approximate surface area is 110 Å². The van der Waals surface area contributed by atoms with Crippen molar-refractivity contribution in [2.24, 2.45) is 5.92 Å². The molecule has 0 aromatic heterocycles. The average Bonchev–Trinajstić information content (AvgIpc) is 2.44. The van der Waals surface area contributed by atoms with Crippen molar-refractivity contribution in [3.63, 3.8) is 0 Å². The SMILES string of the molecule is CC.CC1C=Cc2cc3ccccc3cc2C1C. The predicted molar refractivity (Wildman–Crippen MR) is 81.9 cm³/mol. The van der Waals surface area contributed by atoms with Crippen LogP contribution in [-0.2, 0) is 0 Å². The molecule has 1 aliphatic rings. The van der Waals surface area contributed by atoms with Gasteiger partial charge in [-0.1, -0.05) is 70.2 Å². The number of benzene rings is 2. The van der Waals surface area contributed by atoms with Crippen LogP contribution in [0.1, 0.15) is 44.7 Å². The van der Waals surface area contributed by atoms with E-state index in [1.807, 2.05) is 13.8 Å². The summed E-state index contributed by atoms with van der Waals surface area (Å²) >= 11 is 0. The summed E-state index contributed by atoms with van der Waals surface area (Å²) in [7, 11) is 0. The fraction of sp³-hybridized carbons (Fsp3) is 0.333. The molecule has 3 rings (SSSR count). The number of fused-ring (bicyclic) bond motifs is 2. The summed E-state index contributed by atoms with van der Waals surface area (Å²) in [5.74, 6) is 1.28. The lowest BCUT2D eigenvalue weighted by Crippen LogP contribution is -2.09. The normalized spacial score (nSPS) is 21.1. The van der Waals surface area contributed by atoms with Gasteiger partial charge in [0.25, 0.3) is 0 Å². The molecule has 0 saturated heterocycles. The molecular formula is C18H22. The maximum Gasteiger partial charge on any atom is -0.0124 e. The van der Waals surface area contributed by atoms with Gasteiger partial charge in [-0.05, 0) is 39.8 Å². The second-order valence-corrected chi connectivity index (χ2v) is 4.84. The highest BCUT2D eigenvalue weighted by Gasteiger charge is 2.18. The first-order chi connectivity index (χ1) is 8.75. The third kappa shape index (κ3) is 2.20. The highest BCUT2D eigenvalue weighted by Crippen LogP contribution is 2.35. The molecule has 0 bridgehead atoms. The van der Waals surface area contributed by atoms with E-state index in [0.29, 0.717) is 11.8 Å². The molecule has 0 heterocycles. The van der Waals surface area contributed by atoms with Crippen LogP contribution in [0.2, 0.25) is 0 Å². The molecule has 0 amide bonds. The standard InChI is InChI=1S/C16H16.C2H6/c1-11-7-8-15-9-13-5-3-4-6-14(13)10-16(15)12(11)2;1-2/h3-12H,1-2H3;1-2H3. The average molecular weight is 238 g/mol. The molecule has 2 aromatic rings. The second-order valence-electron chi connectivity index (χ2n) is 4.84. The summed E-state index contributed by atoms with van der Waals surface area (Å²) in [4.78, 5) is 0. The van der Waals surface area contributed by atoms with E-state index < -0.39 is 0 Å². The van der Waals surface area contributed by atoms with E-state index in [4.69, 9.17) is 0 Å². The molecule has 2 atom stereocenters. The van der Waals surface area contributed by atoms with Gasteiger partial charge >= 0.3 is 0 Å². The first kappa shape index (κ1) is 12.9. The van der Waals surface area contributed by atoms with Crippen LogP contribution in [0.3, 0.4) is 0 Å². The van der Waals surface area contributed by atoms with E-state index in [9.17, 15) is 0 Å². The molecule has 2 unspecified atom stereocenters. The number of hydrogen-bond acceptors (Lipinski definition) is 0. The molecule has 0 aliphatic heterocycles. The van der Waals surface area contributed by atoms with Crippen LogP contribution >= 0.6 is 0 Å². The Bertz CT molecular complexity index is 563. The Morgan fingerprint density at radius 3 is 2.17 bits per heavy atom. The Morgan fingerprint density at radius 2 is 1.50 bits per heavy atom. The van der Waals surface area contributed by atoms with Crippen molar-refractivity contribution in [3.05, 3.63) is 53.6 Å². The van der Waals surface area contributed by atoms with E-state index in [1.54, 1.807) is 0 Å². The quantitative estimate of drug-likeness (QED) is 0.557. The number of hydrogen-bond donors (Lipinski definition) is 0. The van der Waals surface area contributed by atoms with Gasteiger partial charge in [0.2, 0.25) is 0 Å². The molecule has 0 saturated carbocycles. The molecule has 0 radical (unpaired) electrons. The van der Waals surface area contributed by atoms with Gasteiger partial charge in [-0.25, -0.2) is 0 Å². The Balaban J connectivity index is 0.000000574. The molecule has 0 heteroatoms. The molecular weight excluding hydrogens is 216 g/mol. The third-order valence-corrected chi connectivity index (χ3v) is 3.81. The van der Waals surface area contributed by atoms with E-state index in [2.05, 4.69) is 62.4 Å². The van der Waals surface area contributed by atoms with E-state index in [-0.39, 0.29) is 0 Å². The number of rotatable bonds is 0. The maximum atomic E-state index is 2.36. The Kier molecular flexibility index (Phi) is 3.86. The second kappa shape index (κ2) is 5.39. The van der Waals surface area contributed by atoms with Crippen molar-refractivity contribution in [3.8, 4) is 0 Å². The molecule has 18 heavy (non-hydrogen) atoms. The highest BCUT2D eigenvalue weighted by atomic mass is 14.2. The topological polar surface area (TPSA) is 0 Å². The summed E-state index contributed by atoms with van der Waals surface area (Å²) in [6.45, 7) is 8.61. The van der Waals surface area contributed by atoms with E-state index in [0.717, 1.165) is 0 Å². The van der Waals surface area contributed by atoms with Crippen LogP contribution in [0.15, 0.2) is 42.5 Å².